The second-order valence-electron chi connectivity index (χ2n) is 6.67. The fraction of sp³-hybridized carbons (Fsp3) is 0.286. The molecule has 0 aliphatic heterocycles. The van der Waals surface area contributed by atoms with Crippen LogP contribution in [0.3, 0.4) is 0 Å². The van der Waals surface area contributed by atoms with E-state index in [0.717, 1.165) is 28.2 Å². The summed E-state index contributed by atoms with van der Waals surface area (Å²) in [6.45, 7) is 3.22. The van der Waals surface area contributed by atoms with E-state index in [1.165, 1.54) is 5.56 Å². The maximum absolute atomic E-state index is 10.6. The molecule has 0 spiro atoms. The quantitative estimate of drug-likeness (QED) is 0.520. The second-order valence-corrected chi connectivity index (χ2v) is 6.67. The number of nitrogens with one attached hydrogen (secondary N) is 1. The van der Waals surface area contributed by atoms with Crippen molar-refractivity contribution in [1.29, 1.82) is 0 Å². The molecule has 172 valence electrons. The van der Waals surface area contributed by atoms with Crippen LogP contribution in [0.2, 0.25) is 0 Å². The van der Waals surface area contributed by atoms with Gasteiger partial charge in [-0.3, -0.25) is 0 Å². The number of methoxy groups -OCH3 is 1. The van der Waals surface area contributed by atoms with Crippen LogP contribution in [-0.2, 0) is 4.79 Å². The highest BCUT2D eigenvalue weighted by molar-refractivity contribution is 5.92. The maximum atomic E-state index is 10.6. The molecule has 4 N–H and O–H groups in total. The number of nitrogens with zero attached hydrogens (tertiary/aromatic N) is 3. The van der Waals surface area contributed by atoms with Crippen LogP contribution in [0.15, 0.2) is 42.5 Å². The van der Waals surface area contributed by atoms with Gasteiger partial charge in [0, 0.05) is 31.2 Å². The summed E-state index contributed by atoms with van der Waals surface area (Å²) in [5.41, 5.74) is 8.67. The highest BCUT2D eigenvalue weighted by atomic mass is 19.4. The molecule has 8 nitrogen and oxygen atoms in total. The third-order valence-electron chi connectivity index (χ3n) is 4.28. The van der Waals surface area contributed by atoms with Gasteiger partial charge in [0.25, 0.3) is 0 Å². The number of anilines is 3. The Morgan fingerprint density at radius 1 is 1.19 bits per heavy atom. The number of benzene rings is 2. The van der Waals surface area contributed by atoms with E-state index < -0.39 is 12.1 Å². The van der Waals surface area contributed by atoms with Crippen molar-refractivity contribution in [3.8, 4) is 5.75 Å². The Morgan fingerprint density at radius 2 is 1.81 bits per heavy atom. The highest BCUT2D eigenvalue weighted by Crippen LogP contribution is 2.31. The normalized spacial score (nSPS) is 10.8. The molecule has 2 aromatic carbocycles. The molecule has 0 aliphatic rings. The van der Waals surface area contributed by atoms with E-state index in [1.807, 2.05) is 37.4 Å². The summed E-state index contributed by atoms with van der Waals surface area (Å²) >= 11 is 0. The van der Waals surface area contributed by atoms with Crippen LogP contribution in [-0.4, -0.2) is 54.5 Å². The van der Waals surface area contributed by atoms with Crippen molar-refractivity contribution < 1.29 is 27.8 Å². The Kier molecular flexibility index (Phi) is 8.19. The van der Waals surface area contributed by atoms with Gasteiger partial charge in [-0.2, -0.15) is 18.2 Å². The lowest BCUT2D eigenvalue weighted by atomic mass is 10.1. The molecule has 0 atom stereocenters. The Bertz CT molecular complexity index is 1060. The average Bonchev–Trinajstić information content (AvgIpc) is 2.76. The summed E-state index contributed by atoms with van der Waals surface area (Å²) in [6.07, 6.45) is -5.08. The van der Waals surface area contributed by atoms with Gasteiger partial charge in [0.2, 0.25) is 5.95 Å². The van der Waals surface area contributed by atoms with Crippen LogP contribution in [0.1, 0.15) is 5.56 Å². The number of aromatic nitrogens is 2. The van der Waals surface area contributed by atoms with Crippen LogP contribution in [0.4, 0.5) is 30.6 Å². The molecule has 0 bridgehead atoms. The minimum Gasteiger partial charge on any atom is -0.497 e. The molecule has 11 heteroatoms. The van der Waals surface area contributed by atoms with E-state index in [9.17, 15) is 13.2 Å². The molecule has 1 aromatic heterocycles. The van der Waals surface area contributed by atoms with E-state index in [-0.39, 0.29) is 0 Å². The number of carboxylic acids is 1. The summed E-state index contributed by atoms with van der Waals surface area (Å²) in [6, 6.07) is 14.1. The van der Waals surface area contributed by atoms with E-state index >= 15 is 0 Å². The van der Waals surface area contributed by atoms with Gasteiger partial charge in [-0.05, 0) is 43.3 Å². The minimum atomic E-state index is -5.08. The zero-order chi connectivity index (χ0) is 23.9. The van der Waals surface area contributed by atoms with E-state index in [0.29, 0.717) is 19.0 Å². The summed E-state index contributed by atoms with van der Waals surface area (Å²) in [5, 5.41) is 11.3. The summed E-state index contributed by atoms with van der Waals surface area (Å²) in [5.74, 6) is -0.506. The fourth-order valence-corrected chi connectivity index (χ4v) is 2.67. The predicted octanol–water partition coefficient (Wildman–Crippen LogP) is 3.72. The summed E-state index contributed by atoms with van der Waals surface area (Å²) in [7, 11) is 3.66. The van der Waals surface area contributed by atoms with Crippen LogP contribution in [0.5, 0.6) is 5.75 Å². The van der Waals surface area contributed by atoms with E-state index in [4.69, 9.17) is 25.4 Å². The first-order chi connectivity index (χ1) is 15.1. The topological polar surface area (TPSA) is 114 Å². The third-order valence-corrected chi connectivity index (χ3v) is 4.28. The van der Waals surface area contributed by atoms with Gasteiger partial charge in [0.1, 0.15) is 11.6 Å². The maximum Gasteiger partial charge on any atom is 0.490 e. The number of carbonyl (C=O) groups is 1. The third kappa shape index (κ3) is 6.45. The number of nitrogens with two attached hydrogens (primary N) is 1. The number of alkyl halides is 3. The van der Waals surface area contributed by atoms with E-state index in [2.05, 4.69) is 34.3 Å². The molecule has 0 saturated carbocycles. The number of carboxylic acid groups (broad SMARTS) is 1. The summed E-state index contributed by atoms with van der Waals surface area (Å²) in [4.78, 5) is 20.3. The minimum absolute atomic E-state index is 0.527. The molecule has 1 heterocycles. The zero-order valence-electron chi connectivity index (χ0n) is 17.8. The first-order valence-corrected chi connectivity index (χ1v) is 9.47. The Labute approximate surface area is 182 Å². The molecule has 0 aliphatic carbocycles. The lowest BCUT2D eigenvalue weighted by Crippen LogP contribution is -2.21. The number of aryl methyl sites for hydroxylation is 1. The number of rotatable bonds is 6. The largest absolute Gasteiger partial charge is 0.497 e. The van der Waals surface area contributed by atoms with Crippen LogP contribution >= 0.6 is 0 Å². The van der Waals surface area contributed by atoms with Crippen LogP contribution < -0.4 is 20.7 Å². The number of ether oxygens (including phenoxy) is 1. The van der Waals surface area contributed by atoms with Crippen molar-refractivity contribution in [2.45, 2.75) is 13.1 Å². The Hall–Kier alpha value is -3.60. The predicted molar refractivity (Wildman–Crippen MR) is 117 cm³/mol. The lowest BCUT2D eigenvalue weighted by Gasteiger charge is -2.21. The molecule has 0 saturated heterocycles. The first kappa shape index (κ1) is 24.7. The lowest BCUT2D eigenvalue weighted by molar-refractivity contribution is -0.192. The van der Waals surface area contributed by atoms with Crippen LogP contribution in [0.25, 0.3) is 10.9 Å². The monoisotopic (exact) mass is 451 g/mol. The fourth-order valence-electron chi connectivity index (χ4n) is 2.67. The summed E-state index contributed by atoms with van der Waals surface area (Å²) < 4.78 is 37.0. The van der Waals surface area contributed by atoms with Crippen molar-refractivity contribution in [3.63, 3.8) is 0 Å². The van der Waals surface area contributed by atoms with Crippen molar-refractivity contribution in [2.75, 3.05) is 37.5 Å². The van der Waals surface area contributed by atoms with Gasteiger partial charge >= 0.3 is 12.1 Å². The molecular weight excluding hydrogens is 427 g/mol. The molecule has 32 heavy (non-hydrogen) atoms. The molecular formula is C21H24F3N5O3. The van der Waals surface area contributed by atoms with Crippen molar-refractivity contribution in [2.24, 2.45) is 5.73 Å². The Morgan fingerprint density at radius 3 is 2.34 bits per heavy atom. The molecule has 3 aromatic rings. The van der Waals surface area contributed by atoms with Crippen molar-refractivity contribution in [3.05, 3.63) is 48.0 Å². The van der Waals surface area contributed by atoms with Crippen LogP contribution in [0, 0.1) is 6.92 Å². The number of hydrogen-bond donors (Lipinski definition) is 3. The molecule has 0 amide bonds. The molecule has 0 radical (unpaired) electrons. The average molecular weight is 451 g/mol. The first-order valence-electron chi connectivity index (χ1n) is 9.47. The molecule has 0 fully saturated rings. The van der Waals surface area contributed by atoms with Gasteiger partial charge < -0.3 is 25.8 Å². The Balaban J connectivity index is 0.000000451. The van der Waals surface area contributed by atoms with Crippen molar-refractivity contribution >= 4 is 34.3 Å². The number of fused-ring (bicyclic) bond motifs is 1. The zero-order valence-corrected chi connectivity index (χ0v) is 17.8. The van der Waals surface area contributed by atoms with Gasteiger partial charge in [0.15, 0.2) is 0 Å². The number of aliphatic carboxylic acids is 1. The van der Waals surface area contributed by atoms with Gasteiger partial charge in [-0.25, -0.2) is 9.78 Å². The second kappa shape index (κ2) is 10.6. The number of halogens is 3. The van der Waals surface area contributed by atoms with Crippen molar-refractivity contribution in [1.82, 2.24) is 9.97 Å². The smallest absolute Gasteiger partial charge is 0.490 e. The standard InChI is InChI=1S/C19H23N5O.C2HF3O2/c1-13-4-9-17-16(12-13)18(23-19(22-17)21-11-10-20)24(2)14-5-7-15(25-3)8-6-14;3-2(4,5)1(6)7/h4-9,12H,10-11,20H2,1-3H3,(H,21,22,23);(H,6,7). The SMILES string of the molecule is COc1ccc(N(C)c2nc(NCCN)nc3ccc(C)cc23)cc1.O=C(O)C(F)(F)F. The van der Waals surface area contributed by atoms with Gasteiger partial charge in [-0.15, -0.1) is 0 Å². The molecule has 0 unspecified atom stereocenters. The van der Waals surface area contributed by atoms with Gasteiger partial charge in [0.05, 0.1) is 12.6 Å². The highest BCUT2D eigenvalue weighted by Gasteiger charge is 2.38. The molecule has 3 rings (SSSR count). The van der Waals surface area contributed by atoms with E-state index in [1.54, 1.807) is 7.11 Å². The van der Waals surface area contributed by atoms with Gasteiger partial charge in [-0.1, -0.05) is 11.6 Å². The number of hydrogen-bond acceptors (Lipinski definition) is 7.